The predicted molar refractivity (Wildman–Crippen MR) is 51.5 cm³/mol. The van der Waals surface area contributed by atoms with Gasteiger partial charge in [-0.2, -0.15) is 0 Å². The van der Waals surface area contributed by atoms with Crippen LogP contribution in [0.15, 0.2) is 0 Å². The van der Waals surface area contributed by atoms with Gasteiger partial charge in [-0.05, 0) is 19.8 Å². The zero-order chi connectivity index (χ0) is 9.90. The Morgan fingerprint density at radius 3 is 2.92 bits per heavy atom. The van der Waals surface area contributed by atoms with Gasteiger partial charge < -0.3 is 10.4 Å². The van der Waals surface area contributed by atoms with Crippen molar-refractivity contribution in [2.24, 2.45) is 5.92 Å². The average Bonchev–Trinajstić information content (AvgIpc) is 2.09. The summed E-state index contributed by atoms with van der Waals surface area (Å²) in [6.07, 6.45) is 1.91. The lowest BCUT2D eigenvalue weighted by atomic mass is 9.85. The molecule has 3 heteroatoms. The van der Waals surface area contributed by atoms with Gasteiger partial charge in [0.1, 0.15) is 5.78 Å². The van der Waals surface area contributed by atoms with Crippen LogP contribution in [-0.4, -0.2) is 29.6 Å². The van der Waals surface area contributed by atoms with E-state index in [0.717, 1.165) is 13.1 Å². The van der Waals surface area contributed by atoms with Crippen molar-refractivity contribution in [2.45, 2.75) is 38.7 Å². The van der Waals surface area contributed by atoms with Gasteiger partial charge in [-0.3, -0.25) is 4.79 Å². The minimum Gasteiger partial charge on any atom is -0.390 e. The molecule has 0 aromatic carbocycles. The highest BCUT2D eigenvalue weighted by Gasteiger charge is 2.29. The molecule has 2 unspecified atom stereocenters. The Hall–Kier alpha value is -0.410. The Bertz CT molecular complexity index is 189. The number of rotatable bonds is 3. The Morgan fingerprint density at radius 1 is 1.69 bits per heavy atom. The van der Waals surface area contributed by atoms with Crippen LogP contribution in [0.3, 0.4) is 0 Å². The third-order valence-corrected chi connectivity index (χ3v) is 2.84. The fourth-order valence-corrected chi connectivity index (χ4v) is 1.67. The predicted octanol–water partition coefficient (Wildman–Crippen LogP) is 0.716. The van der Waals surface area contributed by atoms with Crippen LogP contribution in [0.2, 0.25) is 0 Å². The second-order valence-electron chi connectivity index (χ2n) is 4.17. The zero-order valence-corrected chi connectivity index (χ0v) is 8.47. The van der Waals surface area contributed by atoms with Crippen molar-refractivity contribution in [3.05, 3.63) is 0 Å². The third-order valence-electron chi connectivity index (χ3n) is 2.84. The molecule has 13 heavy (non-hydrogen) atoms. The quantitative estimate of drug-likeness (QED) is 0.681. The summed E-state index contributed by atoms with van der Waals surface area (Å²) < 4.78 is 0. The summed E-state index contributed by atoms with van der Waals surface area (Å²) in [5.41, 5.74) is -0.681. The maximum Gasteiger partial charge on any atom is 0.138 e. The molecule has 1 heterocycles. The van der Waals surface area contributed by atoms with Crippen molar-refractivity contribution in [3.8, 4) is 0 Å². The third kappa shape index (κ3) is 3.08. The lowest BCUT2D eigenvalue weighted by Crippen LogP contribution is -2.41. The molecule has 1 aliphatic heterocycles. The molecule has 1 saturated heterocycles. The Labute approximate surface area is 79.5 Å². The lowest BCUT2D eigenvalue weighted by Gasteiger charge is -2.29. The summed E-state index contributed by atoms with van der Waals surface area (Å²) >= 11 is 0. The normalized spacial score (nSPS) is 28.5. The molecule has 0 aromatic heterocycles. The smallest absolute Gasteiger partial charge is 0.138 e. The van der Waals surface area contributed by atoms with Crippen LogP contribution in [0.5, 0.6) is 0 Å². The van der Waals surface area contributed by atoms with Crippen LogP contribution < -0.4 is 5.32 Å². The van der Waals surface area contributed by atoms with E-state index in [4.69, 9.17) is 0 Å². The molecule has 0 saturated carbocycles. The molecule has 2 N–H and O–H groups in total. The molecule has 0 bridgehead atoms. The van der Waals surface area contributed by atoms with E-state index in [1.807, 2.05) is 6.92 Å². The maximum atomic E-state index is 11.4. The largest absolute Gasteiger partial charge is 0.390 e. The van der Waals surface area contributed by atoms with Crippen LogP contribution in [-0.2, 0) is 4.79 Å². The molecule has 1 fully saturated rings. The molecule has 0 spiro atoms. The summed E-state index contributed by atoms with van der Waals surface area (Å²) in [7, 11) is 0. The van der Waals surface area contributed by atoms with Crippen molar-refractivity contribution < 1.29 is 9.90 Å². The summed E-state index contributed by atoms with van der Waals surface area (Å²) in [4.78, 5) is 11.4. The van der Waals surface area contributed by atoms with E-state index in [2.05, 4.69) is 5.32 Å². The van der Waals surface area contributed by atoms with E-state index in [-0.39, 0.29) is 5.92 Å². The Balaban J connectivity index is 2.47. The second kappa shape index (κ2) is 4.20. The van der Waals surface area contributed by atoms with Crippen molar-refractivity contribution in [1.29, 1.82) is 0 Å². The zero-order valence-electron chi connectivity index (χ0n) is 8.47. The number of ketones is 1. The average molecular weight is 185 g/mol. The number of hydrogen-bond acceptors (Lipinski definition) is 3. The fraction of sp³-hybridized carbons (Fsp3) is 0.900. The Morgan fingerprint density at radius 2 is 2.38 bits per heavy atom. The van der Waals surface area contributed by atoms with Gasteiger partial charge >= 0.3 is 0 Å². The van der Waals surface area contributed by atoms with Crippen LogP contribution in [0.25, 0.3) is 0 Å². The van der Waals surface area contributed by atoms with Crippen molar-refractivity contribution in [3.63, 3.8) is 0 Å². The SMILES string of the molecule is CCC(C)(O)CC1CNCCC1=O. The van der Waals surface area contributed by atoms with E-state index in [1.165, 1.54) is 0 Å². The van der Waals surface area contributed by atoms with Crippen LogP contribution >= 0.6 is 0 Å². The van der Waals surface area contributed by atoms with Crippen molar-refractivity contribution >= 4 is 5.78 Å². The first kappa shape index (κ1) is 10.7. The number of carbonyl (C=O) groups excluding carboxylic acids is 1. The van der Waals surface area contributed by atoms with Gasteiger partial charge in [0.05, 0.1) is 5.60 Å². The molecule has 0 amide bonds. The molecule has 3 nitrogen and oxygen atoms in total. The van der Waals surface area contributed by atoms with Gasteiger partial charge in [0.25, 0.3) is 0 Å². The first-order valence-electron chi connectivity index (χ1n) is 5.01. The maximum absolute atomic E-state index is 11.4. The topological polar surface area (TPSA) is 49.3 Å². The van der Waals surface area contributed by atoms with Gasteiger partial charge in [0.15, 0.2) is 0 Å². The molecule has 1 aliphatic rings. The highest BCUT2D eigenvalue weighted by molar-refractivity contribution is 5.82. The summed E-state index contributed by atoms with van der Waals surface area (Å²) in [6.45, 7) is 5.27. The highest BCUT2D eigenvalue weighted by atomic mass is 16.3. The first-order chi connectivity index (χ1) is 6.05. The number of piperidine rings is 1. The lowest BCUT2D eigenvalue weighted by molar-refractivity contribution is -0.126. The summed E-state index contributed by atoms with van der Waals surface area (Å²) in [5.74, 6) is 0.316. The molecular weight excluding hydrogens is 166 g/mol. The van der Waals surface area contributed by atoms with Crippen molar-refractivity contribution in [1.82, 2.24) is 5.32 Å². The van der Waals surface area contributed by atoms with Gasteiger partial charge in [-0.1, -0.05) is 6.92 Å². The van der Waals surface area contributed by atoms with Gasteiger partial charge in [-0.15, -0.1) is 0 Å². The number of Topliss-reactive ketones (excluding diaryl/α,β-unsaturated/α-hetero) is 1. The van der Waals surface area contributed by atoms with Gasteiger partial charge in [-0.25, -0.2) is 0 Å². The minimum atomic E-state index is -0.681. The van der Waals surface area contributed by atoms with Crippen LogP contribution in [0.4, 0.5) is 0 Å². The number of carbonyl (C=O) groups is 1. The molecular formula is C10H19NO2. The number of aliphatic hydroxyl groups is 1. The highest BCUT2D eigenvalue weighted by Crippen LogP contribution is 2.22. The van der Waals surface area contributed by atoms with Gasteiger partial charge in [0.2, 0.25) is 0 Å². The molecule has 0 radical (unpaired) electrons. The molecule has 2 atom stereocenters. The van der Waals surface area contributed by atoms with Crippen molar-refractivity contribution in [2.75, 3.05) is 13.1 Å². The number of hydrogen-bond donors (Lipinski definition) is 2. The monoisotopic (exact) mass is 185 g/mol. The second-order valence-corrected chi connectivity index (χ2v) is 4.17. The van der Waals surface area contributed by atoms with E-state index < -0.39 is 5.60 Å². The van der Waals surface area contributed by atoms with E-state index in [0.29, 0.717) is 25.0 Å². The van der Waals surface area contributed by atoms with Crippen LogP contribution in [0.1, 0.15) is 33.1 Å². The molecule has 76 valence electrons. The molecule has 0 aliphatic carbocycles. The number of nitrogens with one attached hydrogen (secondary N) is 1. The minimum absolute atomic E-state index is 0.0173. The molecule has 1 rings (SSSR count). The summed E-state index contributed by atoms with van der Waals surface area (Å²) in [6, 6.07) is 0. The van der Waals surface area contributed by atoms with E-state index in [1.54, 1.807) is 6.92 Å². The van der Waals surface area contributed by atoms with Gasteiger partial charge in [0, 0.05) is 25.4 Å². The standard InChI is InChI=1S/C10H19NO2/c1-3-10(2,13)6-8-7-11-5-4-9(8)12/h8,11,13H,3-7H2,1-2H3. The fourth-order valence-electron chi connectivity index (χ4n) is 1.67. The van der Waals surface area contributed by atoms with E-state index in [9.17, 15) is 9.90 Å². The first-order valence-corrected chi connectivity index (χ1v) is 5.01. The summed E-state index contributed by atoms with van der Waals surface area (Å²) in [5, 5.41) is 13.0. The Kier molecular flexibility index (Phi) is 3.45. The van der Waals surface area contributed by atoms with E-state index >= 15 is 0 Å². The molecule has 0 aromatic rings. The van der Waals surface area contributed by atoms with Crippen LogP contribution in [0, 0.1) is 5.92 Å².